The summed E-state index contributed by atoms with van der Waals surface area (Å²) in [6, 6.07) is 9.79. The van der Waals surface area contributed by atoms with Crippen molar-refractivity contribution in [3.05, 3.63) is 35.9 Å². The Labute approximate surface area is 79.0 Å². The number of carbonyl (C=O) groups is 1. The highest BCUT2D eigenvalue weighted by Crippen LogP contribution is 2.00. The Morgan fingerprint density at radius 3 is 2.46 bits per heavy atom. The molecule has 2 heteroatoms. The number of carbonyl (C=O) groups excluding carboxylic acids is 1. The quantitative estimate of drug-likeness (QED) is 0.692. The lowest BCUT2D eigenvalue weighted by molar-refractivity contribution is -0.124. The van der Waals surface area contributed by atoms with Gasteiger partial charge in [0, 0.05) is 5.92 Å². The lowest BCUT2D eigenvalue weighted by Crippen LogP contribution is -2.20. The van der Waals surface area contributed by atoms with Crippen molar-refractivity contribution in [2.75, 3.05) is 0 Å². The lowest BCUT2D eigenvalue weighted by Gasteiger charge is -2.03. The van der Waals surface area contributed by atoms with Crippen LogP contribution >= 0.6 is 0 Å². The van der Waals surface area contributed by atoms with Crippen LogP contribution in [0.5, 0.6) is 0 Å². The molecule has 0 heterocycles. The molecule has 0 aromatic heterocycles. The van der Waals surface area contributed by atoms with Crippen molar-refractivity contribution in [3.63, 3.8) is 0 Å². The third kappa shape index (κ3) is 3.28. The fourth-order valence-corrected chi connectivity index (χ4v) is 0.935. The van der Waals surface area contributed by atoms with Crippen molar-refractivity contribution in [3.8, 4) is 0 Å². The van der Waals surface area contributed by atoms with Crippen LogP contribution in [-0.4, -0.2) is 5.91 Å². The van der Waals surface area contributed by atoms with Crippen molar-refractivity contribution in [1.29, 1.82) is 0 Å². The van der Waals surface area contributed by atoms with E-state index >= 15 is 0 Å². The molecule has 0 saturated heterocycles. The minimum atomic E-state index is -0.0242. The van der Waals surface area contributed by atoms with E-state index in [0.29, 0.717) is 6.54 Å². The molecule has 0 saturated carbocycles. The normalized spacial score (nSPS) is 10.1. The summed E-state index contributed by atoms with van der Waals surface area (Å²) in [5.41, 5.74) is 1.08. The molecule has 13 heavy (non-hydrogen) atoms. The van der Waals surface area contributed by atoms with Gasteiger partial charge in [-0.25, -0.2) is 5.32 Å². The molecule has 0 bridgehead atoms. The van der Waals surface area contributed by atoms with E-state index in [0.717, 1.165) is 5.56 Å². The molecule has 0 N–H and O–H groups in total. The molecule has 1 amide bonds. The maximum atomic E-state index is 11.1. The van der Waals surface area contributed by atoms with Crippen LogP contribution in [0, 0.1) is 5.92 Å². The van der Waals surface area contributed by atoms with Crippen molar-refractivity contribution in [2.24, 2.45) is 5.92 Å². The highest BCUT2D eigenvalue weighted by atomic mass is 16.1. The van der Waals surface area contributed by atoms with Gasteiger partial charge in [-0.2, -0.15) is 0 Å². The van der Waals surface area contributed by atoms with Crippen molar-refractivity contribution >= 4 is 5.91 Å². The van der Waals surface area contributed by atoms with Crippen LogP contribution in [0.3, 0.4) is 0 Å². The summed E-state index contributed by atoms with van der Waals surface area (Å²) in [7, 11) is 0. The minimum absolute atomic E-state index is 0.00344. The summed E-state index contributed by atoms with van der Waals surface area (Å²) in [6.45, 7) is 4.21. The van der Waals surface area contributed by atoms with Crippen molar-refractivity contribution < 1.29 is 4.79 Å². The van der Waals surface area contributed by atoms with Gasteiger partial charge in [0.25, 0.3) is 0 Å². The van der Waals surface area contributed by atoms with Gasteiger partial charge in [-0.3, -0.25) is 4.79 Å². The van der Waals surface area contributed by atoms with Gasteiger partial charge in [0.2, 0.25) is 5.91 Å². The molecule has 1 rings (SSSR count). The second-order valence-electron chi connectivity index (χ2n) is 3.29. The summed E-state index contributed by atoms with van der Waals surface area (Å²) < 4.78 is 0. The molecule has 1 aromatic rings. The van der Waals surface area contributed by atoms with Gasteiger partial charge in [-0.1, -0.05) is 44.2 Å². The molecule has 0 aliphatic heterocycles. The Morgan fingerprint density at radius 1 is 1.31 bits per heavy atom. The number of nitrogens with zero attached hydrogens (tertiary/aromatic N) is 1. The van der Waals surface area contributed by atoms with Gasteiger partial charge in [-0.05, 0) is 5.56 Å². The molecule has 0 unspecified atom stereocenters. The first-order valence-electron chi connectivity index (χ1n) is 4.45. The van der Waals surface area contributed by atoms with Crippen molar-refractivity contribution in [1.82, 2.24) is 5.32 Å². The van der Waals surface area contributed by atoms with E-state index < -0.39 is 0 Å². The third-order valence-corrected chi connectivity index (χ3v) is 1.75. The first-order valence-corrected chi connectivity index (χ1v) is 4.45. The average molecular weight is 176 g/mol. The Hall–Kier alpha value is -1.31. The zero-order valence-electron chi connectivity index (χ0n) is 8.03. The fourth-order valence-electron chi connectivity index (χ4n) is 0.935. The molecular weight excluding hydrogens is 162 g/mol. The molecule has 0 aliphatic rings. The largest absolute Gasteiger partial charge is 0.273 e. The van der Waals surface area contributed by atoms with Crippen LogP contribution in [0.4, 0.5) is 0 Å². The van der Waals surface area contributed by atoms with Crippen molar-refractivity contribution in [2.45, 2.75) is 20.4 Å². The van der Waals surface area contributed by atoms with Gasteiger partial charge >= 0.3 is 0 Å². The van der Waals surface area contributed by atoms with E-state index in [2.05, 4.69) is 5.32 Å². The number of rotatable bonds is 3. The lowest BCUT2D eigenvalue weighted by atomic mass is 10.2. The molecule has 1 aromatic carbocycles. The standard InChI is InChI=1S/C11H14NO/c1-9(2)11(13)12-8-10-6-4-3-5-7-10/h3-7,9H,8H2,1-2H3. The van der Waals surface area contributed by atoms with Gasteiger partial charge in [0.1, 0.15) is 0 Å². The van der Waals surface area contributed by atoms with E-state index in [-0.39, 0.29) is 11.8 Å². The van der Waals surface area contributed by atoms with Crippen LogP contribution < -0.4 is 5.32 Å². The summed E-state index contributed by atoms with van der Waals surface area (Å²) >= 11 is 0. The highest BCUT2D eigenvalue weighted by molar-refractivity contribution is 5.77. The Balaban J connectivity index is 2.40. The maximum Gasteiger partial charge on any atom is 0.244 e. The zero-order valence-corrected chi connectivity index (χ0v) is 8.03. The number of hydrogen-bond acceptors (Lipinski definition) is 1. The average Bonchev–Trinajstić information content (AvgIpc) is 2.15. The number of hydrogen-bond donors (Lipinski definition) is 0. The summed E-state index contributed by atoms with van der Waals surface area (Å²) in [6.07, 6.45) is 0. The number of amides is 1. The van der Waals surface area contributed by atoms with Gasteiger partial charge in [0.05, 0.1) is 6.54 Å². The second-order valence-corrected chi connectivity index (χ2v) is 3.29. The molecule has 69 valence electrons. The van der Waals surface area contributed by atoms with E-state index in [1.807, 2.05) is 44.2 Å². The third-order valence-electron chi connectivity index (χ3n) is 1.75. The van der Waals surface area contributed by atoms with Crippen LogP contribution in [0.2, 0.25) is 0 Å². The highest BCUT2D eigenvalue weighted by Gasteiger charge is 2.07. The molecule has 2 nitrogen and oxygen atoms in total. The van der Waals surface area contributed by atoms with Gasteiger partial charge < -0.3 is 0 Å². The molecule has 1 radical (unpaired) electrons. The SMILES string of the molecule is CC(C)C(=O)[N]Cc1ccccc1. The zero-order chi connectivity index (χ0) is 9.68. The number of benzene rings is 1. The smallest absolute Gasteiger partial charge is 0.244 e. The van der Waals surface area contributed by atoms with Gasteiger partial charge in [-0.15, -0.1) is 0 Å². The van der Waals surface area contributed by atoms with Crippen LogP contribution in [0.25, 0.3) is 0 Å². The van der Waals surface area contributed by atoms with E-state index in [1.54, 1.807) is 0 Å². The summed E-state index contributed by atoms with van der Waals surface area (Å²) in [5.74, 6) is -0.0208. The van der Waals surface area contributed by atoms with E-state index in [1.165, 1.54) is 0 Å². The van der Waals surface area contributed by atoms with E-state index in [4.69, 9.17) is 0 Å². The fraction of sp³-hybridized carbons (Fsp3) is 0.364. The Kier molecular flexibility index (Phi) is 3.50. The van der Waals surface area contributed by atoms with Crippen LogP contribution in [0.15, 0.2) is 30.3 Å². The monoisotopic (exact) mass is 176 g/mol. The van der Waals surface area contributed by atoms with Crippen LogP contribution in [-0.2, 0) is 11.3 Å². The minimum Gasteiger partial charge on any atom is -0.273 e. The van der Waals surface area contributed by atoms with Gasteiger partial charge in [0.15, 0.2) is 0 Å². The summed E-state index contributed by atoms with van der Waals surface area (Å²) in [4.78, 5) is 11.1. The molecule has 0 spiro atoms. The first-order chi connectivity index (χ1) is 6.20. The first kappa shape index (κ1) is 9.78. The Morgan fingerprint density at radius 2 is 1.92 bits per heavy atom. The van der Waals surface area contributed by atoms with E-state index in [9.17, 15) is 4.79 Å². The van der Waals surface area contributed by atoms with Crippen LogP contribution in [0.1, 0.15) is 19.4 Å². The predicted molar refractivity (Wildman–Crippen MR) is 52.1 cm³/mol. The topological polar surface area (TPSA) is 31.2 Å². The molecule has 0 aliphatic carbocycles. The molecular formula is C11H14NO. The molecule has 0 atom stereocenters. The maximum absolute atomic E-state index is 11.1. The summed E-state index contributed by atoms with van der Waals surface area (Å²) in [5, 5.41) is 3.96. The molecule has 0 fully saturated rings. The predicted octanol–water partition coefficient (Wildman–Crippen LogP) is 1.97. The Bertz CT molecular complexity index is 267. The second kappa shape index (κ2) is 4.65.